The number of amides is 1. The maximum Gasteiger partial charge on any atom is 0.422 e. The molecule has 0 radical (unpaired) electrons. The van der Waals surface area contributed by atoms with Crippen molar-refractivity contribution in [2.75, 3.05) is 13.2 Å². The van der Waals surface area contributed by atoms with Gasteiger partial charge in [0, 0.05) is 32.6 Å². The van der Waals surface area contributed by atoms with Gasteiger partial charge in [-0.05, 0) is 35.2 Å². The highest BCUT2D eigenvalue weighted by molar-refractivity contribution is 5.78. The summed E-state index contributed by atoms with van der Waals surface area (Å²) in [6, 6.07) is 14.7. The highest BCUT2D eigenvalue weighted by Crippen LogP contribution is 2.19. The predicted octanol–water partition coefficient (Wildman–Crippen LogP) is 4.04. The summed E-state index contributed by atoms with van der Waals surface area (Å²) in [4.78, 5) is 13.6. The van der Waals surface area contributed by atoms with Crippen LogP contribution in [-0.4, -0.2) is 30.1 Å². The lowest BCUT2D eigenvalue weighted by molar-refractivity contribution is -0.153. The largest absolute Gasteiger partial charge is 0.484 e. The number of alkyl halides is 3. The van der Waals surface area contributed by atoms with Crippen LogP contribution in [0.1, 0.15) is 29.5 Å². The van der Waals surface area contributed by atoms with Crippen molar-refractivity contribution in [3.8, 4) is 5.75 Å². The molecule has 2 aromatic rings. The zero-order valence-electron chi connectivity index (χ0n) is 15.5. The van der Waals surface area contributed by atoms with Gasteiger partial charge < -0.3 is 15.0 Å². The first-order valence-corrected chi connectivity index (χ1v) is 9.24. The highest BCUT2D eigenvalue weighted by Gasteiger charge is 2.28. The Morgan fingerprint density at radius 1 is 1.00 bits per heavy atom. The second kappa shape index (κ2) is 9.10. The van der Waals surface area contributed by atoms with E-state index in [0.717, 1.165) is 29.7 Å². The number of benzene rings is 2. The van der Waals surface area contributed by atoms with Gasteiger partial charge in [0.2, 0.25) is 5.91 Å². The lowest BCUT2D eigenvalue weighted by Gasteiger charge is -2.15. The van der Waals surface area contributed by atoms with Gasteiger partial charge in [0.25, 0.3) is 0 Å². The molecule has 0 saturated carbocycles. The molecule has 0 aromatic heterocycles. The van der Waals surface area contributed by atoms with Crippen LogP contribution in [0.3, 0.4) is 0 Å². The number of nitrogens with zero attached hydrogens (tertiary/aromatic N) is 1. The summed E-state index contributed by atoms with van der Waals surface area (Å²) < 4.78 is 41.5. The van der Waals surface area contributed by atoms with E-state index in [1.54, 1.807) is 12.1 Å². The van der Waals surface area contributed by atoms with Gasteiger partial charge in [0.05, 0.1) is 0 Å². The van der Waals surface area contributed by atoms with Crippen molar-refractivity contribution in [3.63, 3.8) is 0 Å². The topological polar surface area (TPSA) is 41.6 Å². The summed E-state index contributed by atoms with van der Waals surface area (Å²) in [7, 11) is 0. The summed E-state index contributed by atoms with van der Waals surface area (Å²) in [5.41, 5.74) is 3.05. The Hall–Kier alpha value is -2.54. The number of hydrogen-bond donors (Lipinski definition) is 1. The number of halogens is 3. The van der Waals surface area contributed by atoms with Gasteiger partial charge in [0.15, 0.2) is 6.61 Å². The van der Waals surface area contributed by atoms with Gasteiger partial charge in [-0.25, -0.2) is 0 Å². The van der Waals surface area contributed by atoms with E-state index >= 15 is 0 Å². The average molecular weight is 392 g/mol. The van der Waals surface area contributed by atoms with Crippen LogP contribution in [0.15, 0.2) is 48.5 Å². The first kappa shape index (κ1) is 20.2. The van der Waals surface area contributed by atoms with Gasteiger partial charge >= 0.3 is 6.18 Å². The smallest absolute Gasteiger partial charge is 0.422 e. The third-order valence-corrected chi connectivity index (χ3v) is 4.53. The van der Waals surface area contributed by atoms with E-state index in [-0.39, 0.29) is 11.7 Å². The molecule has 0 atom stereocenters. The minimum absolute atomic E-state index is 0.206. The lowest BCUT2D eigenvalue weighted by atomic mass is 10.1. The van der Waals surface area contributed by atoms with Crippen molar-refractivity contribution < 1.29 is 22.7 Å². The van der Waals surface area contributed by atoms with Crippen LogP contribution in [-0.2, 0) is 24.4 Å². The minimum atomic E-state index is -4.34. The van der Waals surface area contributed by atoms with Crippen LogP contribution in [0.2, 0.25) is 0 Å². The summed E-state index contributed by atoms with van der Waals surface area (Å²) in [6.07, 6.45) is -2.77. The van der Waals surface area contributed by atoms with E-state index < -0.39 is 12.8 Å². The van der Waals surface area contributed by atoms with Gasteiger partial charge in [-0.15, -0.1) is 0 Å². The van der Waals surface area contributed by atoms with Crippen LogP contribution in [0, 0.1) is 0 Å². The number of rotatable bonds is 8. The third-order valence-electron chi connectivity index (χ3n) is 4.53. The van der Waals surface area contributed by atoms with Crippen molar-refractivity contribution >= 4 is 5.91 Å². The van der Waals surface area contributed by atoms with Gasteiger partial charge in [-0.3, -0.25) is 4.79 Å². The van der Waals surface area contributed by atoms with E-state index in [4.69, 9.17) is 4.74 Å². The lowest BCUT2D eigenvalue weighted by Crippen LogP contribution is -2.23. The molecule has 1 saturated heterocycles. The standard InChI is InChI=1S/C21H23F3N2O2/c22-21(23,24)15-28-19-4-1-3-18(11-19)13-25-12-16-6-8-17(9-7-16)14-26-10-2-5-20(26)27/h1,3-4,6-9,11,25H,2,5,10,12-15H2. The van der Waals surface area contributed by atoms with Crippen molar-refractivity contribution in [1.82, 2.24) is 10.2 Å². The van der Waals surface area contributed by atoms with Crippen molar-refractivity contribution in [2.45, 2.75) is 38.7 Å². The summed E-state index contributed by atoms with van der Waals surface area (Å²) >= 11 is 0. The molecule has 1 amide bonds. The van der Waals surface area contributed by atoms with Crippen LogP contribution in [0.25, 0.3) is 0 Å². The summed E-state index contributed by atoms with van der Waals surface area (Å²) in [5, 5.41) is 3.27. The van der Waals surface area contributed by atoms with Crippen LogP contribution in [0.5, 0.6) is 5.75 Å². The zero-order chi connectivity index (χ0) is 20.0. The second-order valence-corrected chi connectivity index (χ2v) is 6.89. The highest BCUT2D eigenvalue weighted by atomic mass is 19.4. The molecule has 1 heterocycles. The number of ether oxygens (including phenoxy) is 1. The summed E-state index contributed by atoms with van der Waals surface area (Å²) in [5.74, 6) is 0.421. The van der Waals surface area contributed by atoms with Gasteiger partial charge in [0.1, 0.15) is 5.75 Å². The first-order valence-electron chi connectivity index (χ1n) is 9.24. The second-order valence-electron chi connectivity index (χ2n) is 6.89. The molecule has 150 valence electrons. The Labute approximate surface area is 162 Å². The fourth-order valence-corrected chi connectivity index (χ4v) is 3.12. The Morgan fingerprint density at radius 3 is 2.39 bits per heavy atom. The molecular formula is C21H23F3N2O2. The Balaban J connectivity index is 1.45. The molecule has 4 nitrogen and oxygen atoms in total. The molecule has 0 bridgehead atoms. The molecule has 1 aliphatic rings. The molecule has 2 aromatic carbocycles. The number of carbonyl (C=O) groups is 1. The normalized spacial score (nSPS) is 14.5. The minimum Gasteiger partial charge on any atom is -0.484 e. The molecule has 3 rings (SSSR count). The van der Waals surface area contributed by atoms with Gasteiger partial charge in [-0.1, -0.05) is 36.4 Å². The van der Waals surface area contributed by atoms with Crippen molar-refractivity contribution in [3.05, 3.63) is 65.2 Å². The Morgan fingerprint density at radius 2 is 1.71 bits per heavy atom. The number of hydrogen-bond acceptors (Lipinski definition) is 3. The van der Waals surface area contributed by atoms with E-state index in [2.05, 4.69) is 5.32 Å². The molecule has 1 fully saturated rings. The zero-order valence-corrected chi connectivity index (χ0v) is 15.5. The van der Waals surface area contributed by atoms with Crippen LogP contribution < -0.4 is 10.1 Å². The molecule has 1 N–H and O–H groups in total. The average Bonchev–Trinajstić information content (AvgIpc) is 3.06. The fourth-order valence-electron chi connectivity index (χ4n) is 3.12. The molecule has 28 heavy (non-hydrogen) atoms. The predicted molar refractivity (Wildman–Crippen MR) is 99.6 cm³/mol. The molecule has 0 spiro atoms. The number of carbonyl (C=O) groups excluding carboxylic acids is 1. The first-order chi connectivity index (χ1) is 13.4. The summed E-state index contributed by atoms with van der Waals surface area (Å²) in [6.45, 7) is 1.34. The quantitative estimate of drug-likeness (QED) is 0.737. The Kier molecular flexibility index (Phi) is 6.57. The number of likely N-dealkylation sites (tertiary alicyclic amines) is 1. The van der Waals surface area contributed by atoms with E-state index in [1.165, 1.54) is 6.07 Å². The molecular weight excluding hydrogens is 369 g/mol. The maximum absolute atomic E-state index is 12.2. The van der Waals surface area contributed by atoms with Crippen molar-refractivity contribution in [2.24, 2.45) is 0 Å². The SMILES string of the molecule is O=C1CCCN1Cc1ccc(CNCc2cccc(OCC(F)(F)F)c2)cc1. The van der Waals surface area contributed by atoms with E-state index in [9.17, 15) is 18.0 Å². The molecule has 7 heteroatoms. The maximum atomic E-state index is 12.2. The third kappa shape index (κ3) is 6.27. The molecule has 0 aliphatic carbocycles. The van der Waals surface area contributed by atoms with Crippen molar-refractivity contribution in [1.29, 1.82) is 0 Å². The fraction of sp³-hybridized carbons (Fsp3) is 0.381. The monoisotopic (exact) mass is 392 g/mol. The number of nitrogens with one attached hydrogen (secondary N) is 1. The molecule has 1 aliphatic heterocycles. The Bertz CT molecular complexity index is 791. The van der Waals surface area contributed by atoms with Crippen LogP contribution >= 0.6 is 0 Å². The van der Waals surface area contributed by atoms with E-state index in [1.807, 2.05) is 35.2 Å². The van der Waals surface area contributed by atoms with Gasteiger partial charge in [-0.2, -0.15) is 13.2 Å². The molecule has 0 unspecified atom stereocenters. The van der Waals surface area contributed by atoms with E-state index in [0.29, 0.717) is 26.1 Å². The van der Waals surface area contributed by atoms with Crippen LogP contribution in [0.4, 0.5) is 13.2 Å².